The van der Waals surface area contributed by atoms with Crippen LogP contribution < -0.4 is 5.32 Å². The molecule has 1 aliphatic heterocycles. The summed E-state index contributed by atoms with van der Waals surface area (Å²) >= 11 is 0. The lowest BCUT2D eigenvalue weighted by Crippen LogP contribution is -2.45. The van der Waals surface area contributed by atoms with Crippen LogP contribution in [0.15, 0.2) is 59.6 Å². The van der Waals surface area contributed by atoms with E-state index in [1.165, 1.54) is 10.4 Å². The SMILES string of the molecule is CCn1ccc2cc(S(=O)(=O)N3CCCC(C(=O)NCc4ccccc4F)C3)ccc21. The highest BCUT2D eigenvalue weighted by molar-refractivity contribution is 7.89. The van der Waals surface area contributed by atoms with Gasteiger partial charge in [-0.3, -0.25) is 4.79 Å². The van der Waals surface area contributed by atoms with Gasteiger partial charge in [-0.25, -0.2) is 12.8 Å². The zero-order valence-corrected chi connectivity index (χ0v) is 18.2. The third-order valence-electron chi connectivity index (χ3n) is 5.89. The largest absolute Gasteiger partial charge is 0.352 e. The zero-order chi connectivity index (χ0) is 22.0. The summed E-state index contributed by atoms with van der Waals surface area (Å²) in [5.41, 5.74) is 1.40. The van der Waals surface area contributed by atoms with Crippen molar-refractivity contribution in [1.29, 1.82) is 0 Å². The first-order valence-corrected chi connectivity index (χ1v) is 11.9. The van der Waals surface area contributed by atoms with Crippen molar-refractivity contribution in [2.24, 2.45) is 5.92 Å². The molecule has 2 aromatic carbocycles. The van der Waals surface area contributed by atoms with Crippen molar-refractivity contribution < 1.29 is 17.6 Å². The Balaban J connectivity index is 1.47. The summed E-state index contributed by atoms with van der Waals surface area (Å²) < 4.78 is 43.7. The summed E-state index contributed by atoms with van der Waals surface area (Å²) in [6, 6.07) is 13.3. The summed E-state index contributed by atoms with van der Waals surface area (Å²) in [4.78, 5) is 12.9. The summed E-state index contributed by atoms with van der Waals surface area (Å²) in [5.74, 6) is -1.08. The van der Waals surface area contributed by atoms with Gasteiger partial charge < -0.3 is 9.88 Å². The fourth-order valence-corrected chi connectivity index (χ4v) is 5.67. The molecule has 4 rings (SSSR count). The van der Waals surface area contributed by atoms with Crippen LogP contribution in [0.3, 0.4) is 0 Å². The van der Waals surface area contributed by atoms with Crippen LogP contribution in [0.2, 0.25) is 0 Å². The Labute approximate surface area is 181 Å². The summed E-state index contributed by atoms with van der Waals surface area (Å²) in [6.07, 6.45) is 3.15. The first kappa shape index (κ1) is 21.5. The number of amides is 1. The van der Waals surface area contributed by atoms with Crippen molar-refractivity contribution in [1.82, 2.24) is 14.2 Å². The van der Waals surface area contributed by atoms with E-state index in [9.17, 15) is 17.6 Å². The molecule has 31 heavy (non-hydrogen) atoms. The Morgan fingerprint density at radius 2 is 2.00 bits per heavy atom. The number of aryl methyl sites for hydroxylation is 1. The second kappa shape index (κ2) is 8.80. The number of nitrogens with one attached hydrogen (secondary N) is 1. The van der Waals surface area contributed by atoms with Crippen LogP contribution in [0.1, 0.15) is 25.3 Å². The second-order valence-electron chi connectivity index (χ2n) is 7.83. The van der Waals surface area contributed by atoms with Gasteiger partial charge in [-0.05, 0) is 50.1 Å². The quantitative estimate of drug-likeness (QED) is 0.634. The molecule has 1 saturated heterocycles. The smallest absolute Gasteiger partial charge is 0.243 e. The molecule has 0 spiro atoms. The fourth-order valence-electron chi connectivity index (χ4n) is 4.11. The van der Waals surface area contributed by atoms with E-state index >= 15 is 0 Å². The number of carbonyl (C=O) groups excluding carboxylic acids is 1. The number of hydrogen-bond acceptors (Lipinski definition) is 3. The molecule has 8 heteroatoms. The topological polar surface area (TPSA) is 71.4 Å². The second-order valence-corrected chi connectivity index (χ2v) is 9.77. The number of piperidine rings is 1. The molecule has 0 radical (unpaired) electrons. The van der Waals surface area contributed by atoms with Gasteiger partial charge in [-0.15, -0.1) is 0 Å². The van der Waals surface area contributed by atoms with E-state index in [1.54, 1.807) is 30.3 Å². The van der Waals surface area contributed by atoms with Crippen molar-refractivity contribution >= 4 is 26.8 Å². The van der Waals surface area contributed by atoms with Crippen molar-refractivity contribution in [3.63, 3.8) is 0 Å². The summed E-state index contributed by atoms with van der Waals surface area (Å²) in [6.45, 7) is 3.44. The fraction of sp³-hybridized carbons (Fsp3) is 0.348. The van der Waals surface area contributed by atoms with Crippen LogP contribution in [0.25, 0.3) is 10.9 Å². The lowest BCUT2D eigenvalue weighted by Gasteiger charge is -2.31. The van der Waals surface area contributed by atoms with Crippen LogP contribution in [-0.2, 0) is 27.9 Å². The number of rotatable bonds is 6. The molecular weight excluding hydrogens is 417 g/mol. The van der Waals surface area contributed by atoms with E-state index in [4.69, 9.17) is 0 Å². The average molecular weight is 444 g/mol. The molecule has 1 aliphatic rings. The molecule has 1 unspecified atom stereocenters. The molecule has 6 nitrogen and oxygen atoms in total. The number of benzene rings is 2. The first-order valence-electron chi connectivity index (χ1n) is 10.5. The zero-order valence-electron chi connectivity index (χ0n) is 17.4. The number of nitrogens with zero attached hydrogens (tertiary/aromatic N) is 2. The van der Waals surface area contributed by atoms with E-state index in [0.29, 0.717) is 24.9 Å². The Bertz CT molecular complexity index is 1210. The monoisotopic (exact) mass is 443 g/mol. The maximum atomic E-state index is 13.8. The van der Waals surface area contributed by atoms with Gasteiger partial charge in [0.05, 0.1) is 10.8 Å². The molecular formula is C23H26FN3O3S. The van der Waals surface area contributed by atoms with Gasteiger partial charge in [-0.1, -0.05) is 18.2 Å². The third kappa shape index (κ3) is 4.36. The van der Waals surface area contributed by atoms with Crippen LogP contribution in [-0.4, -0.2) is 36.3 Å². The number of aromatic nitrogens is 1. The normalized spacial score (nSPS) is 17.7. The van der Waals surface area contributed by atoms with E-state index in [1.807, 2.05) is 25.3 Å². The van der Waals surface area contributed by atoms with E-state index in [0.717, 1.165) is 17.4 Å². The Kier molecular flexibility index (Phi) is 6.11. The molecule has 3 aromatic rings. The molecule has 0 saturated carbocycles. The predicted octanol–water partition coefficient (Wildman–Crippen LogP) is 3.52. The van der Waals surface area contributed by atoms with Gasteiger partial charge in [0.15, 0.2) is 0 Å². The summed E-state index contributed by atoms with van der Waals surface area (Å²) in [7, 11) is -3.71. The minimum Gasteiger partial charge on any atom is -0.352 e. The van der Waals surface area contributed by atoms with Crippen LogP contribution in [0.5, 0.6) is 0 Å². The number of halogens is 1. The van der Waals surface area contributed by atoms with E-state index < -0.39 is 15.9 Å². The van der Waals surface area contributed by atoms with Crippen molar-refractivity contribution in [2.45, 2.75) is 37.8 Å². The minimum atomic E-state index is -3.71. The number of sulfonamides is 1. The molecule has 1 aromatic heterocycles. The van der Waals surface area contributed by atoms with Gasteiger partial charge in [0.25, 0.3) is 0 Å². The minimum absolute atomic E-state index is 0.0832. The van der Waals surface area contributed by atoms with Gasteiger partial charge in [0.1, 0.15) is 5.82 Å². The molecule has 0 bridgehead atoms. The molecule has 1 N–H and O–H groups in total. The van der Waals surface area contributed by atoms with Crippen molar-refractivity contribution in [3.05, 3.63) is 66.1 Å². The van der Waals surface area contributed by atoms with E-state index in [-0.39, 0.29) is 29.7 Å². The van der Waals surface area contributed by atoms with Gasteiger partial charge in [0.2, 0.25) is 15.9 Å². The van der Waals surface area contributed by atoms with Crippen LogP contribution >= 0.6 is 0 Å². The lowest BCUT2D eigenvalue weighted by molar-refractivity contribution is -0.126. The van der Waals surface area contributed by atoms with E-state index in [2.05, 4.69) is 9.88 Å². The average Bonchev–Trinajstić information content (AvgIpc) is 3.21. The first-order chi connectivity index (χ1) is 14.9. The number of hydrogen-bond donors (Lipinski definition) is 1. The number of carbonyl (C=O) groups is 1. The van der Waals surface area contributed by atoms with Gasteiger partial charge in [0, 0.05) is 48.8 Å². The summed E-state index contributed by atoms with van der Waals surface area (Å²) in [5, 5.41) is 3.63. The van der Waals surface area contributed by atoms with Crippen LogP contribution in [0, 0.1) is 11.7 Å². The maximum absolute atomic E-state index is 13.8. The predicted molar refractivity (Wildman–Crippen MR) is 117 cm³/mol. The molecule has 0 aliphatic carbocycles. The highest BCUT2D eigenvalue weighted by Crippen LogP contribution is 2.27. The van der Waals surface area contributed by atoms with Crippen molar-refractivity contribution in [3.8, 4) is 0 Å². The molecule has 1 fully saturated rings. The third-order valence-corrected chi connectivity index (χ3v) is 7.75. The lowest BCUT2D eigenvalue weighted by atomic mass is 9.98. The molecule has 164 valence electrons. The standard InChI is InChI=1S/C23H26FN3O3S/c1-2-26-13-11-17-14-20(9-10-22(17)26)31(29,30)27-12-5-7-19(16-27)23(28)25-15-18-6-3-4-8-21(18)24/h3-4,6,8-11,13-14,19H,2,5,7,12,15-16H2,1H3,(H,25,28). The maximum Gasteiger partial charge on any atom is 0.243 e. The van der Waals surface area contributed by atoms with Crippen molar-refractivity contribution in [2.75, 3.05) is 13.1 Å². The Hall–Kier alpha value is -2.71. The van der Waals surface area contributed by atoms with Gasteiger partial charge >= 0.3 is 0 Å². The van der Waals surface area contributed by atoms with Crippen LogP contribution in [0.4, 0.5) is 4.39 Å². The Morgan fingerprint density at radius 3 is 2.77 bits per heavy atom. The Morgan fingerprint density at radius 1 is 1.19 bits per heavy atom. The molecule has 1 amide bonds. The number of fused-ring (bicyclic) bond motifs is 1. The molecule has 1 atom stereocenters. The highest BCUT2D eigenvalue weighted by atomic mass is 32.2. The highest BCUT2D eigenvalue weighted by Gasteiger charge is 2.33. The molecule has 2 heterocycles. The van der Waals surface area contributed by atoms with Gasteiger partial charge in [-0.2, -0.15) is 4.31 Å².